The fraction of sp³-hybridized carbons (Fsp3) is 0.632. The topological polar surface area (TPSA) is 38.3 Å². The third kappa shape index (κ3) is 2.62. The zero-order valence-electron chi connectivity index (χ0n) is 13.3. The van der Waals surface area contributed by atoms with E-state index in [1.807, 2.05) is 12.1 Å². The molecule has 3 fully saturated rings. The van der Waals surface area contributed by atoms with Crippen molar-refractivity contribution in [2.24, 2.45) is 23.7 Å². The monoisotopic (exact) mass is 299 g/mol. The summed E-state index contributed by atoms with van der Waals surface area (Å²) < 4.78 is 5.23. The number of ether oxygens (including phenoxy) is 1. The third-order valence-corrected chi connectivity index (χ3v) is 5.94. The molecule has 1 amide bonds. The van der Waals surface area contributed by atoms with Crippen LogP contribution in [0.3, 0.4) is 0 Å². The van der Waals surface area contributed by atoms with Gasteiger partial charge in [0.2, 0.25) is 5.91 Å². The average molecular weight is 299 g/mol. The van der Waals surface area contributed by atoms with Crippen molar-refractivity contribution in [1.29, 1.82) is 0 Å². The molecule has 0 heterocycles. The predicted molar refractivity (Wildman–Crippen MR) is 85.5 cm³/mol. The molecule has 0 saturated heterocycles. The van der Waals surface area contributed by atoms with Gasteiger partial charge in [0, 0.05) is 5.92 Å². The molecule has 4 unspecified atom stereocenters. The second kappa shape index (κ2) is 5.60. The van der Waals surface area contributed by atoms with Gasteiger partial charge in [-0.05, 0) is 67.6 Å². The summed E-state index contributed by atoms with van der Waals surface area (Å²) in [5.41, 5.74) is 1.22. The number of benzene rings is 1. The first-order valence-corrected chi connectivity index (χ1v) is 8.69. The number of carbonyl (C=O) groups excluding carboxylic acids is 1. The molecule has 4 rings (SSSR count). The number of fused-ring (bicyclic) bond motifs is 2. The van der Waals surface area contributed by atoms with Gasteiger partial charge in [0.15, 0.2) is 0 Å². The van der Waals surface area contributed by atoms with E-state index in [0.29, 0.717) is 17.7 Å². The van der Waals surface area contributed by atoms with Crippen LogP contribution in [-0.4, -0.2) is 13.0 Å². The Morgan fingerprint density at radius 3 is 2.45 bits per heavy atom. The number of hydrogen-bond acceptors (Lipinski definition) is 2. The fourth-order valence-corrected chi connectivity index (χ4v) is 4.54. The molecule has 3 saturated carbocycles. The van der Waals surface area contributed by atoms with E-state index in [4.69, 9.17) is 4.74 Å². The Morgan fingerprint density at radius 1 is 1.14 bits per heavy atom. The minimum atomic E-state index is 0.192. The van der Waals surface area contributed by atoms with Crippen molar-refractivity contribution in [3.8, 4) is 5.75 Å². The maximum Gasteiger partial charge on any atom is 0.223 e. The molecule has 2 bridgehead atoms. The quantitative estimate of drug-likeness (QED) is 0.900. The van der Waals surface area contributed by atoms with Crippen LogP contribution in [0.1, 0.15) is 50.1 Å². The molecule has 3 aliphatic carbocycles. The molecule has 4 atom stereocenters. The van der Waals surface area contributed by atoms with Crippen LogP contribution in [0.4, 0.5) is 0 Å². The van der Waals surface area contributed by atoms with Crippen molar-refractivity contribution in [3.63, 3.8) is 0 Å². The highest BCUT2D eigenvalue weighted by molar-refractivity contribution is 5.80. The summed E-state index contributed by atoms with van der Waals surface area (Å²) in [6.07, 6.45) is 7.48. The van der Waals surface area contributed by atoms with Crippen molar-refractivity contribution in [2.45, 2.75) is 44.6 Å². The predicted octanol–water partition coefficient (Wildman–Crippen LogP) is 3.70. The van der Waals surface area contributed by atoms with Crippen LogP contribution in [-0.2, 0) is 4.79 Å². The molecule has 0 radical (unpaired) electrons. The molecule has 0 spiro atoms. The lowest BCUT2D eigenvalue weighted by Crippen LogP contribution is -2.37. The summed E-state index contributed by atoms with van der Waals surface area (Å²) in [4.78, 5) is 12.7. The molecular formula is C19H25NO2. The Bertz CT molecular complexity index is 549. The van der Waals surface area contributed by atoms with Gasteiger partial charge in [-0.2, -0.15) is 0 Å². The number of methoxy groups -OCH3 is 1. The Hall–Kier alpha value is -1.51. The second-order valence-corrected chi connectivity index (χ2v) is 7.38. The molecule has 1 N–H and O–H groups in total. The number of nitrogens with one attached hydrogen (secondary N) is 1. The van der Waals surface area contributed by atoms with E-state index in [0.717, 1.165) is 18.1 Å². The molecule has 3 nitrogen and oxygen atoms in total. The van der Waals surface area contributed by atoms with E-state index < -0.39 is 0 Å². The molecule has 0 aromatic heterocycles. The van der Waals surface area contributed by atoms with Crippen molar-refractivity contribution in [1.82, 2.24) is 5.32 Å². The maximum absolute atomic E-state index is 12.7. The number of amides is 1. The summed E-state index contributed by atoms with van der Waals surface area (Å²) in [6, 6.07) is 8.38. The number of carbonyl (C=O) groups is 1. The standard InChI is InChI=1S/C19H25NO2/c1-22-16-8-6-14(7-9-16)18(13-4-5-13)20-19(21)17-11-12-2-3-15(17)10-12/h6-9,12-13,15,17-18H,2-5,10-11H2,1H3,(H,20,21). The van der Waals surface area contributed by atoms with E-state index in [-0.39, 0.29) is 12.0 Å². The van der Waals surface area contributed by atoms with Gasteiger partial charge in [-0.15, -0.1) is 0 Å². The number of hydrogen-bond donors (Lipinski definition) is 1. The lowest BCUT2D eigenvalue weighted by atomic mass is 9.87. The van der Waals surface area contributed by atoms with Crippen LogP contribution in [0.5, 0.6) is 5.75 Å². The van der Waals surface area contributed by atoms with Gasteiger partial charge < -0.3 is 10.1 Å². The highest BCUT2D eigenvalue weighted by Crippen LogP contribution is 2.49. The van der Waals surface area contributed by atoms with Gasteiger partial charge in [0.25, 0.3) is 0 Å². The second-order valence-electron chi connectivity index (χ2n) is 7.38. The van der Waals surface area contributed by atoms with Gasteiger partial charge in [-0.3, -0.25) is 4.79 Å². The minimum absolute atomic E-state index is 0.192. The Balaban J connectivity index is 1.46. The van der Waals surface area contributed by atoms with Crippen LogP contribution < -0.4 is 10.1 Å². The van der Waals surface area contributed by atoms with Gasteiger partial charge in [0.05, 0.1) is 13.2 Å². The zero-order valence-corrected chi connectivity index (χ0v) is 13.3. The van der Waals surface area contributed by atoms with Gasteiger partial charge >= 0.3 is 0 Å². The molecular weight excluding hydrogens is 274 g/mol. The molecule has 1 aromatic carbocycles. The van der Waals surface area contributed by atoms with Crippen LogP contribution in [0.25, 0.3) is 0 Å². The Labute approximate surface area is 132 Å². The average Bonchev–Trinajstić information content (AvgIpc) is 3.17. The first kappa shape index (κ1) is 14.1. The van der Waals surface area contributed by atoms with Gasteiger partial charge in [-0.1, -0.05) is 18.6 Å². The maximum atomic E-state index is 12.7. The molecule has 0 aliphatic heterocycles. The molecule has 3 aliphatic rings. The van der Waals surface area contributed by atoms with Crippen molar-refractivity contribution < 1.29 is 9.53 Å². The summed E-state index contributed by atoms with van der Waals surface area (Å²) >= 11 is 0. The summed E-state index contributed by atoms with van der Waals surface area (Å²) in [5, 5.41) is 3.38. The Morgan fingerprint density at radius 2 is 1.91 bits per heavy atom. The lowest BCUT2D eigenvalue weighted by molar-refractivity contribution is -0.127. The van der Waals surface area contributed by atoms with Crippen molar-refractivity contribution in [3.05, 3.63) is 29.8 Å². The van der Waals surface area contributed by atoms with Gasteiger partial charge in [-0.25, -0.2) is 0 Å². The third-order valence-electron chi connectivity index (χ3n) is 5.94. The first-order chi connectivity index (χ1) is 10.7. The summed E-state index contributed by atoms with van der Waals surface area (Å²) in [7, 11) is 1.68. The van der Waals surface area contributed by atoms with Crippen LogP contribution >= 0.6 is 0 Å². The van der Waals surface area contributed by atoms with Crippen LogP contribution in [0.2, 0.25) is 0 Å². The highest BCUT2D eigenvalue weighted by atomic mass is 16.5. The van der Waals surface area contributed by atoms with Gasteiger partial charge in [0.1, 0.15) is 5.75 Å². The smallest absolute Gasteiger partial charge is 0.223 e. The van der Waals surface area contributed by atoms with Crippen molar-refractivity contribution in [2.75, 3.05) is 7.11 Å². The van der Waals surface area contributed by atoms with E-state index in [2.05, 4.69) is 17.4 Å². The highest BCUT2D eigenvalue weighted by Gasteiger charge is 2.44. The molecule has 1 aromatic rings. The lowest BCUT2D eigenvalue weighted by Gasteiger charge is -2.25. The summed E-state index contributed by atoms with van der Waals surface area (Å²) in [5.74, 6) is 3.55. The van der Waals surface area contributed by atoms with E-state index in [9.17, 15) is 4.79 Å². The Kier molecular flexibility index (Phi) is 3.59. The SMILES string of the molecule is COc1ccc(C(NC(=O)C2CC3CCC2C3)C2CC2)cc1. The fourth-order valence-electron chi connectivity index (χ4n) is 4.54. The van der Waals surface area contributed by atoms with E-state index >= 15 is 0 Å². The van der Waals surface area contributed by atoms with E-state index in [1.54, 1.807) is 7.11 Å². The van der Waals surface area contributed by atoms with Crippen LogP contribution in [0, 0.1) is 23.7 Å². The molecule has 22 heavy (non-hydrogen) atoms. The minimum Gasteiger partial charge on any atom is -0.497 e. The molecule has 3 heteroatoms. The first-order valence-electron chi connectivity index (χ1n) is 8.69. The van der Waals surface area contributed by atoms with E-state index in [1.165, 1.54) is 37.7 Å². The zero-order chi connectivity index (χ0) is 15.1. The number of rotatable bonds is 5. The molecule has 118 valence electrons. The largest absolute Gasteiger partial charge is 0.497 e. The normalized spacial score (nSPS) is 31.0. The summed E-state index contributed by atoms with van der Waals surface area (Å²) in [6.45, 7) is 0. The van der Waals surface area contributed by atoms with Crippen molar-refractivity contribution >= 4 is 5.91 Å². The van der Waals surface area contributed by atoms with Crippen LogP contribution in [0.15, 0.2) is 24.3 Å².